The van der Waals surface area contributed by atoms with E-state index in [2.05, 4.69) is 23.6 Å². The number of hydrogen-bond donors (Lipinski definition) is 1. The molecule has 12 heavy (non-hydrogen) atoms. The molecular formula is C8H13NO3. The van der Waals surface area contributed by atoms with Gasteiger partial charge in [-0.05, 0) is 6.08 Å². The Morgan fingerprint density at radius 2 is 1.92 bits per heavy atom. The lowest BCUT2D eigenvalue weighted by atomic mass is 10.5. The molecule has 0 spiro atoms. The van der Waals surface area contributed by atoms with E-state index in [4.69, 9.17) is 0 Å². The Labute approximate surface area is 71.7 Å². The summed E-state index contributed by atoms with van der Waals surface area (Å²) < 4.78 is 4.32. The molecule has 4 heteroatoms. The standard InChI is InChI=1S/C5H8O2.C3H5NO/c1-3-5(6)7-4-2;1-2-3(4)5/h4H,2-3H2,1H3;2H,1H2,(H2,4,5). The molecule has 0 aromatic heterocycles. The molecule has 4 nitrogen and oxygen atoms in total. The third kappa shape index (κ3) is 15.8. The molecule has 0 aliphatic carbocycles. The maximum absolute atomic E-state index is 10.1. The van der Waals surface area contributed by atoms with Gasteiger partial charge >= 0.3 is 5.97 Å². The zero-order valence-corrected chi connectivity index (χ0v) is 7.08. The van der Waals surface area contributed by atoms with E-state index in [9.17, 15) is 9.59 Å². The number of nitrogens with two attached hydrogens (primary N) is 1. The summed E-state index contributed by atoms with van der Waals surface area (Å²) in [4.78, 5) is 19.6. The van der Waals surface area contributed by atoms with Crippen LogP contribution in [0.5, 0.6) is 0 Å². The lowest BCUT2D eigenvalue weighted by molar-refractivity contribution is -0.137. The Balaban J connectivity index is 0. The smallest absolute Gasteiger partial charge is 0.310 e. The lowest BCUT2D eigenvalue weighted by Gasteiger charge is -1.88. The average Bonchev–Trinajstić information content (AvgIpc) is 2.06. The quantitative estimate of drug-likeness (QED) is 0.387. The predicted molar refractivity (Wildman–Crippen MR) is 46.0 cm³/mol. The first-order valence-electron chi connectivity index (χ1n) is 3.30. The van der Waals surface area contributed by atoms with E-state index in [0.29, 0.717) is 6.42 Å². The van der Waals surface area contributed by atoms with Crippen LogP contribution in [0.25, 0.3) is 0 Å². The van der Waals surface area contributed by atoms with Gasteiger partial charge in [0.2, 0.25) is 5.91 Å². The number of amides is 1. The first-order chi connectivity index (χ1) is 5.58. The van der Waals surface area contributed by atoms with E-state index in [-0.39, 0.29) is 5.97 Å². The van der Waals surface area contributed by atoms with Crippen LogP contribution in [0, 0.1) is 0 Å². The van der Waals surface area contributed by atoms with Crippen molar-refractivity contribution in [2.45, 2.75) is 13.3 Å². The lowest BCUT2D eigenvalue weighted by Crippen LogP contribution is -2.04. The van der Waals surface area contributed by atoms with Crippen LogP contribution in [-0.4, -0.2) is 11.9 Å². The molecule has 0 aliphatic heterocycles. The van der Waals surface area contributed by atoms with E-state index >= 15 is 0 Å². The van der Waals surface area contributed by atoms with Gasteiger partial charge in [-0.25, -0.2) is 0 Å². The highest BCUT2D eigenvalue weighted by molar-refractivity contribution is 5.84. The van der Waals surface area contributed by atoms with Crippen LogP contribution in [0.1, 0.15) is 13.3 Å². The summed E-state index contributed by atoms with van der Waals surface area (Å²) in [5, 5.41) is 0. The van der Waals surface area contributed by atoms with Crippen molar-refractivity contribution in [1.82, 2.24) is 0 Å². The Kier molecular flexibility index (Phi) is 10.2. The highest BCUT2D eigenvalue weighted by Crippen LogP contribution is 1.81. The molecule has 68 valence electrons. The Hall–Kier alpha value is -1.58. The van der Waals surface area contributed by atoms with Crippen LogP contribution in [-0.2, 0) is 14.3 Å². The fraction of sp³-hybridized carbons (Fsp3) is 0.250. The van der Waals surface area contributed by atoms with Gasteiger partial charge in [0.25, 0.3) is 0 Å². The van der Waals surface area contributed by atoms with E-state index in [0.717, 1.165) is 12.3 Å². The zero-order valence-electron chi connectivity index (χ0n) is 7.08. The molecule has 0 atom stereocenters. The van der Waals surface area contributed by atoms with Crippen molar-refractivity contribution in [3.8, 4) is 0 Å². The van der Waals surface area contributed by atoms with Crippen molar-refractivity contribution in [1.29, 1.82) is 0 Å². The van der Waals surface area contributed by atoms with E-state index in [1.54, 1.807) is 6.92 Å². The summed E-state index contributed by atoms with van der Waals surface area (Å²) in [5.41, 5.74) is 4.53. The molecule has 2 N–H and O–H groups in total. The Morgan fingerprint density at radius 1 is 1.50 bits per heavy atom. The third-order valence-corrected chi connectivity index (χ3v) is 0.705. The van der Waals surface area contributed by atoms with Gasteiger partial charge in [-0.1, -0.05) is 20.1 Å². The fourth-order valence-electron chi connectivity index (χ4n) is 0.176. The summed E-state index contributed by atoms with van der Waals surface area (Å²) in [6.45, 7) is 8.02. The van der Waals surface area contributed by atoms with Gasteiger partial charge in [0.05, 0.1) is 6.26 Å². The maximum Gasteiger partial charge on any atom is 0.310 e. The van der Waals surface area contributed by atoms with E-state index in [1.807, 2.05) is 0 Å². The van der Waals surface area contributed by atoms with Crippen LogP contribution in [0.2, 0.25) is 0 Å². The highest BCUT2D eigenvalue weighted by atomic mass is 16.5. The monoisotopic (exact) mass is 171 g/mol. The molecule has 1 amide bonds. The summed E-state index contributed by atoms with van der Waals surface area (Å²) in [7, 11) is 0. The predicted octanol–water partition coefficient (Wildman–Crippen LogP) is 0.741. The van der Waals surface area contributed by atoms with Crippen molar-refractivity contribution in [2.24, 2.45) is 5.73 Å². The van der Waals surface area contributed by atoms with Crippen LogP contribution in [0.15, 0.2) is 25.5 Å². The molecule has 0 aromatic rings. The van der Waals surface area contributed by atoms with E-state index < -0.39 is 5.91 Å². The van der Waals surface area contributed by atoms with Crippen LogP contribution in [0.3, 0.4) is 0 Å². The molecule has 0 aromatic carbocycles. The summed E-state index contributed by atoms with van der Waals surface area (Å²) >= 11 is 0. The molecule has 0 aliphatic rings. The van der Waals surface area contributed by atoms with Gasteiger partial charge in [0.15, 0.2) is 0 Å². The van der Waals surface area contributed by atoms with E-state index in [1.165, 1.54) is 0 Å². The van der Waals surface area contributed by atoms with Crippen LogP contribution in [0.4, 0.5) is 0 Å². The number of primary amides is 1. The molecule has 0 fully saturated rings. The summed E-state index contributed by atoms with van der Waals surface area (Å²) in [6.07, 6.45) is 2.60. The first-order valence-corrected chi connectivity index (χ1v) is 3.30. The average molecular weight is 171 g/mol. The first kappa shape index (κ1) is 13.0. The topological polar surface area (TPSA) is 69.4 Å². The van der Waals surface area contributed by atoms with Crippen molar-refractivity contribution in [2.75, 3.05) is 0 Å². The number of esters is 1. The second-order valence-corrected chi connectivity index (χ2v) is 1.62. The molecule has 0 saturated heterocycles. The second kappa shape index (κ2) is 9.42. The van der Waals surface area contributed by atoms with Gasteiger partial charge in [-0.15, -0.1) is 0 Å². The van der Waals surface area contributed by atoms with Gasteiger partial charge < -0.3 is 10.5 Å². The Morgan fingerprint density at radius 3 is 2.00 bits per heavy atom. The molecule has 0 saturated carbocycles. The molecular weight excluding hydrogens is 158 g/mol. The minimum atomic E-state index is -0.481. The molecule has 0 radical (unpaired) electrons. The number of carbonyl (C=O) groups is 2. The normalized spacial score (nSPS) is 7.08. The van der Waals surface area contributed by atoms with Crippen LogP contribution >= 0.6 is 0 Å². The Bertz CT molecular complexity index is 175. The number of rotatable bonds is 3. The number of carbonyl (C=O) groups excluding carboxylic acids is 2. The minimum Gasteiger partial charge on any atom is -0.435 e. The van der Waals surface area contributed by atoms with Crippen LogP contribution < -0.4 is 5.73 Å². The van der Waals surface area contributed by atoms with Crippen molar-refractivity contribution < 1.29 is 14.3 Å². The molecule has 0 heterocycles. The molecule has 0 unspecified atom stereocenters. The maximum atomic E-state index is 10.1. The zero-order chi connectivity index (χ0) is 9.98. The largest absolute Gasteiger partial charge is 0.435 e. The molecule has 0 bridgehead atoms. The van der Waals surface area contributed by atoms with Crippen molar-refractivity contribution >= 4 is 11.9 Å². The summed E-state index contributed by atoms with van der Waals surface area (Å²) in [5.74, 6) is -0.722. The van der Waals surface area contributed by atoms with Gasteiger partial charge in [0.1, 0.15) is 0 Å². The molecule has 0 rings (SSSR count). The van der Waals surface area contributed by atoms with Crippen molar-refractivity contribution in [3.63, 3.8) is 0 Å². The third-order valence-electron chi connectivity index (χ3n) is 0.705. The SMILES string of the molecule is C=CC(N)=O.C=COC(=O)CC. The highest BCUT2D eigenvalue weighted by Gasteiger charge is 1.89. The number of ether oxygens (including phenoxy) is 1. The fourth-order valence-corrected chi connectivity index (χ4v) is 0.176. The summed E-state index contributed by atoms with van der Waals surface area (Å²) in [6, 6.07) is 0. The van der Waals surface area contributed by atoms with Gasteiger partial charge in [-0.3, -0.25) is 9.59 Å². The van der Waals surface area contributed by atoms with Crippen molar-refractivity contribution in [3.05, 3.63) is 25.5 Å². The van der Waals surface area contributed by atoms with Gasteiger partial charge in [0, 0.05) is 6.42 Å². The second-order valence-electron chi connectivity index (χ2n) is 1.62. The minimum absolute atomic E-state index is 0.241. The van der Waals surface area contributed by atoms with Gasteiger partial charge in [-0.2, -0.15) is 0 Å². The number of hydrogen-bond acceptors (Lipinski definition) is 3.